The van der Waals surface area contributed by atoms with Gasteiger partial charge in [-0.3, -0.25) is 0 Å². The predicted molar refractivity (Wildman–Crippen MR) is 85.8 cm³/mol. The lowest BCUT2D eigenvalue weighted by atomic mass is 10.0. The minimum Gasteiger partial charge on any atom is -0.456 e. The fraction of sp³-hybridized carbons (Fsp3) is 0.588. The number of esters is 1. The molecule has 1 N–H and O–H groups in total. The molecule has 1 heterocycles. The molecule has 0 spiro atoms. The van der Waals surface area contributed by atoms with E-state index in [1.54, 1.807) is 0 Å². The Kier molecular flexibility index (Phi) is 4.88. The van der Waals surface area contributed by atoms with Gasteiger partial charge in [0.15, 0.2) is 0 Å². The molecule has 0 saturated carbocycles. The SMILES string of the molecule is CN1CCC(Nc2ccccc2C(=O)OC(C)(C)C)CC1. The van der Waals surface area contributed by atoms with Crippen molar-refractivity contribution in [2.45, 2.75) is 45.3 Å². The van der Waals surface area contributed by atoms with Crippen LogP contribution in [0.25, 0.3) is 0 Å². The van der Waals surface area contributed by atoms with Gasteiger partial charge in [-0.1, -0.05) is 12.1 Å². The van der Waals surface area contributed by atoms with E-state index < -0.39 is 5.60 Å². The summed E-state index contributed by atoms with van der Waals surface area (Å²) in [5.41, 5.74) is 1.02. The minimum atomic E-state index is -0.474. The fourth-order valence-corrected chi connectivity index (χ4v) is 2.49. The van der Waals surface area contributed by atoms with Crippen LogP contribution >= 0.6 is 0 Å². The molecular formula is C17H26N2O2. The number of ether oxygens (including phenoxy) is 1. The molecule has 1 aliphatic rings. The van der Waals surface area contributed by atoms with Gasteiger partial charge in [0, 0.05) is 11.7 Å². The monoisotopic (exact) mass is 290 g/mol. The van der Waals surface area contributed by atoms with Crippen LogP contribution in [0.1, 0.15) is 44.0 Å². The number of benzene rings is 1. The van der Waals surface area contributed by atoms with Gasteiger partial charge in [0.2, 0.25) is 0 Å². The molecule has 4 nitrogen and oxygen atoms in total. The lowest BCUT2D eigenvalue weighted by molar-refractivity contribution is 0.00706. The van der Waals surface area contributed by atoms with E-state index in [9.17, 15) is 4.79 Å². The fourth-order valence-electron chi connectivity index (χ4n) is 2.49. The third-order valence-corrected chi connectivity index (χ3v) is 3.62. The van der Waals surface area contributed by atoms with Crippen LogP contribution in [0.3, 0.4) is 0 Å². The van der Waals surface area contributed by atoms with Crippen molar-refractivity contribution in [1.82, 2.24) is 4.90 Å². The minimum absolute atomic E-state index is 0.265. The second-order valence-electron chi connectivity index (χ2n) is 6.77. The molecule has 0 bridgehead atoms. The van der Waals surface area contributed by atoms with E-state index >= 15 is 0 Å². The molecule has 1 fully saturated rings. The van der Waals surface area contributed by atoms with Crippen LogP contribution in [0, 0.1) is 0 Å². The maximum absolute atomic E-state index is 12.3. The number of piperidine rings is 1. The van der Waals surface area contributed by atoms with Gasteiger partial charge in [-0.15, -0.1) is 0 Å². The quantitative estimate of drug-likeness (QED) is 0.868. The average molecular weight is 290 g/mol. The maximum atomic E-state index is 12.3. The van der Waals surface area contributed by atoms with Crippen molar-refractivity contribution in [3.8, 4) is 0 Å². The largest absolute Gasteiger partial charge is 0.456 e. The number of rotatable bonds is 3. The highest BCUT2D eigenvalue weighted by molar-refractivity contribution is 5.95. The summed E-state index contributed by atoms with van der Waals surface area (Å²) in [6.07, 6.45) is 2.19. The smallest absolute Gasteiger partial charge is 0.340 e. The number of likely N-dealkylation sites (tertiary alicyclic amines) is 1. The second-order valence-corrected chi connectivity index (χ2v) is 6.77. The zero-order valence-corrected chi connectivity index (χ0v) is 13.5. The van der Waals surface area contributed by atoms with Crippen LogP contribution in [0.15, 0.2) is 24.3 Å². The molecule has 1 saturated heterocycles. The summed E-state index contributed by atoms with van der Waals surface area (Å²) >= 11 is 0. The summed E-state index contributed by atoms with van der Waals surface area (Å²) in [5, 5.41) is 3.51. The van der Waals surface area contributed by atoms with Crippen molar-refractivity contribution >= 4 is 11.7 Å². The van der Waals surface area contributed by atoms with Crippen LogP contribution in [0.5, 0.6) is 0 Å². The van der Waals surface area contributed by atoms with Crippen molar-refractivity contribution in [3.05, 3.63) is 29.8 Å². The van der Waals surface area contributed by atoms with E-state index in [0.29, 0.717) is 11.6 Å². The molecule has 0 atom stereocenters. The number of para-hydroxylation sites is 1. The Hall–Kier alpha value is -1.55. The topological polar surface area (TPSA) is 41.6 Å². The number of nitrogens with one attached hydrogen (secondary N) is 1. The molecule has 1 aromatic rings. The lowest BCUT2D eigenvalue weighted by Crippen LogP contribution is -2.37. The van der Waals surface area contributed by atoms with Gasteiger partial charge in [0.1, 0.15) is 5.60 Å². The number of nitrogens with zero attached hydrogens (tertiary/aromatic N) is 1. The summed E-state index contributed by atoms with van der Waals surface area (Å²) in [6, 6.07) is 8.03. The second kappa shape index (κ2) is 6.48. The van der Waals surface area contributed by atoms with Gasteiger partial charge in [-0.25, -0.2) is 4.79 Å². The Bertz CT molecular complexity index is 486. The molecule has 1 aliphatic heterocycles. The van der Waals surface area contributed by atoms with Crippen LogP contribution in [0.4, 0.5) is 5.69 Å². The molecular weight excluding hydrogens is 264 g/mol. The van der Waals surface area contributed by atoms with E-state index in [0.717, 1.165) is 31.6 Å². The number of carbonyl (C=O) groups excluding carboxylic acids is 1. The highest BCUT2D eigenvalue weighted by atomic mass is 16.6. The van der Waals surface area contributed by atoms with Gasteiger partial charge >= 0.3 is 5.97 Å². The molecule has 2 rings (SSSR count). The normalized spacial score (nSPS) is 17.5. The molecule has 0 unspecified atom stereocenters. The first kappa shape index (κ1) is 15.8. The summed E-state index contributed by atoms with van der Waals surface area (Å²) in [4.78, 5) is 14.6. The molecule has 21 heavy (non-hydrogen) atoms. The van der Waals surface area contributed by atoms with Crippen molar-refractivity contribution in [1.29, 1.82) is 0 Å². The number of hydrogen-bond donors (Lipinski definition) is 1. The van der Waals surface area contributed by atoms with Gasteiger partial charge in [-0.05, 0) is 65.9 Å². The van der Waals surface area contributed by atoms with Crippen molar-refractivity contribution in [2.24, 2.45) is 0 Å². The first-order valence-electron chi connectivity index (χ1n) is 7.62. The van der Waals surface area contributed by atoms with E-state index in [-0.39, 0.29) is 5.97 Å². The highest BCUT2D eigenvalue weighted by Crippen LogP contribution is 2.22. The van der Waals surface area contributed by atoms with Crippen molar-refractivity contribution < 1.29 is 9.53 Å². The first-order valence-corrected chi connectivity index (χ1v) is 7.62. The third-order valence-electron chi connectivity index (χ3n) is 3.62. The van der Waals surface area contributed by atoms with Crippen LogP contribution < -0.4 is 5.32 Å². The highest BCUT2D eigenvalue weighted by Gasteiger charge is 2.22. The van der Waals surface area contributed by atoms with Crippen molar-refractivity contribution in [2.75, 3.05) is 25.5 Å². The van der Waals surface area contributed by atoms with Crippen LogP contribution in [-0.4, -0.2) is 42.6 Å². The van der Waals surface area contributed by atoms with E-state index in [4.69, 9.17) is 4.74 Å². The van der Waals surface area contributed by atoms with Gasteiger partial charge in [0.25, 0.3) is 0 Å². The van der Waals surface area contributed by atoms with E-state index in [1.807, 2.05) is 45.0 Å². The third kappa shape index (κ3) is 4.74. The molecule has 0 aliphatic carbocycles. The molecule has 4 heteroatoms. The zero-order chi connectivity index (χ0) is 15.5. The van der Waals surface area contributed by atoms with Crippen molar-refractivity contribution in [3.63, 3.8) is 0 Å². The summed E-state index contributed by atoms with van der Waals surface area (Å²) in [5.74, 6) is -0.265. The van der Waals surface area contributed by atoms with Gasteiger partial charge in [-0.2, -0.15) is 0 Å². The molecule has 0 amide bonds. The molecule has 0 aromatic heterocycles. The van der Waals surface area contributed by atoms with E-state index in [1.165, 1.54) is 0 Å². The predicted octanol–water partition coefficient (Wildman–Crippen LogP) is 3.15. The standard InChI is InChI=1S/C17H26N2O2/c1-17(2,3)21-16(20)14-7-5-6-8-15(14)18-13-9-11-19(4)12-10-13/h5-8,13,18H,9-12H2,1-4H3. The van der Waals surface area contributed by atoms with Crippen LogP contribution in [-0.2, 0) is 4.74 Å². The number of hydrogen-bond acceptors (Lipinski definition) is 4. The number of anilines is 1. The maximum Gasteiger partial charge on any atom is 0.340 e. The molecule has 116 valence electrons. The Morgan fingerprint density at radius 3 is 2.48 bits per heavy atom. The number of carbonyl (C=O) groups is 1. The Morgan fingerprint density at radius 1 is 1.24 bits per heavy atom. The lowest BCUT2D eigenvalue weighted by Gasteiger charge is -2.30. The average Bonchev–Trinajstić information content (AvgIpc) is 2.40. The summed E-state index contributed by atoms with van der Waals surface area (Å²) in [6.45, 7) is 7.84. The van der Waals surface area contributed by atoms with Gasteiger partial charge < -0.3 is 15.0 Å². The van der Waals surface area contributed by atoms with E-state index in [2.05, 4.69) is 17.3 Å². The molecule has 0 radical (unpaired) electrons. The summed E-state index contributed by atoms with van der Waals surface area (Å²) < 4.78 is 5.48. The Balaban J connectivity index is 2.08. The first-order chi connectivity index (χ1) is 9.85. The summed E-state index contributed by atoms with van der Waals surface area (Å²) in [7, 11) is 2.14. The zero-order valence-electron chi connectivity index (χ0n) is 13.5. The Morgan fingerprint density at radius 2 is 1.86 bits per heavy atom. The van der Waals surface area contributed by atoms with Crippen LogP contribution in [0.2, 0.25) is 0 Å². The molecule has 1 aromatic carbocycles. The van der Waals surface area contributed by atoms with Gasteiger partial charge in [0.05, 0.1) is 5.56 Å². The Labute approximate surface area is 127 Å².